The third kappa shape index (κ3) is 4.81. The van der Waals surface area contributed by atoms with Gasteiger partial charge in [-0.25, -0.2) is 4.98 Å². The number of aromatic nitrogens is 1. The van der Waals surface area contributed by atoms with Crippen molar-refractivity contribution in [1.82, 2.24) is 4.98 Å². The van der Waals surface area contributed by atoms with E-state index >= 15 is 0 Å². The van der Waals surface area contributed by atoms with Gasteiger partial charge in [-0.3, -0.25) is 0 Å². The lowest BCUT2D eigenvalue weighted by molar-refractivity contribution is 1.18. The molecule has 1 heterocycles. The molecule has 0 saturated heterocycles. The zero-order valence-electron chi connectivity index (χ0n) is 8.43. The topological polar surface area (TPSA) is 75.1 Å². The number of nitrogens with zero attached hydrogens (tertiary/aromatic N) is 3. The van der Waals surface area contributed by atoms with E-state index in [0.29, 0.717) is 12.3 Å². The molecule has 0 amide bonds. The normalized spacial score (nSPS) is 11.3. The van der Waals surface area contributed by atoms with Crippen LogP contribution < -0.4 is 5.73 Å². The molecular formula is C9H12N4S2. The Bertz CT molecular complexity index is 378. The summed E-state index contributed by atoms with van der Waals surface area (Å²) in [5.74, 6) is 2.17. The van der Waals surface area contributed by atoms with Crippen molar-refractivity contribution in [1.29, 1.82) is 5.26 Å². The van der Waals surface area contributed by atoms with Gasteiger partial charge < -0.3 is 5.73 Å². The Labute approximate surface area is 97.2 Å². The first-order chi connectivity index (χ1) is 7.22. The first-order valence-electron chi connectivity index (χ1n) is 4.42. The van der Waals surface area contributed by atoms with E-state index in [1.807, 2.05) is 12.3 Å². The minimum atomic E-state index is 0.403. The lowest BCUT2D eigenvalue weighted by Gasteiger charge is -1.97. The highest BCUT2D eigenvalue weighted by molar-refractivity contribution is 7.98. The van der Waals surface area contributed by atoms with Crippen molar-refractivity contribution in [2.24, 2.45) is 10.7 Å². The minimum Gasteiger partial charge on any atom is -0.386 e. The van der Waals surface area contributed by atoms with Crippen molar-refractivity contribution in [3.05, 3.63) is 16.1 Å². The number of thiazole rings is 1. The Kier molecular flexibility index (Phi) is 5.15. The number of aliphatic imine (C=N–C) groups is 1. The second kappa shape index (κ2) is 6.43. The monoisotopic (exact) mass is 240 g/mol. The van der Waals surface area contributed by atoms with Crippen molar-refractivity contribution in [2.75, 3.05) is 5.75 Å². The van der Waals surface area contributed by atoms with Crippen molar-refractivity contribution >= 4 is 28.9 Å². The Morgan fingerprint density at radius 2 is 2.60 bits per heavy atom. The Morgan fingerprint density at radius 3 is 3.20 bits per heavy atom. The fourth-order valence-electron chi connectivity index (χ4n) is 0.925. The molecule has 15 heavy (non-hydrogen) atoms. The van der Waals surface area contributed by atoms with Crippen LogP contribution in [0, 0.1) is 18.4 Å². The van der Waals surface area contributed by atoms with E-state index in [0.717, 1.165) is 22.2 Å². The van der Waals surface area contributed by atoms with Gasteiger partial charge >= 0.3 is 0 Å². The van der Waals surface area contributed by atoms with E-state index in [4.69, 9.17) is 11.0 Å². The van der Waals surface area contributed by atoms with E-state index in [2.05, 4.69) is 9.98 Å². The Hall–Kier alpha value is -1.06. The molecule has 1 aromatic heterocycles. The average Bonchev–Trinajstić information content (AvgIpc) is 2.60. The fraction of sp³-hybridized carbons (Fsp3) is 0.444. The molecule has 0 unspecified atom stereocenters. The fourth-order valence-corrected chi connectivity index (χ4v) is 2.74. The second-order valence-electron chi connectivity index (χ2n) is 2.89. The zero-order valence-corrected chi connectivity index (χ0v) is 10.1. The highest BCUT2D eigenvalue weighted by Crippen LogP contribution is 2.16. The summed E-state index contributed by atoms with van der Waals surface area (Å²) in [6.07, 6.45) is 2.33. The van der Waals surface area contributed by atoms with Crippen LogP contribution in [0.5, 0.6) is 0 Å². The van der Waals surface area contributed by atoms with Crippen LogP contribution in [0.2, 0.25) is 0 Å². The average molecular weight is 240 g/mol. The van der Waals surface area contributed by atoms with Crippen LogP contribution in [0.15, 0.2) is 10.4 Å². The SMILES string of the molecule is Cc1csc(CSCCC(N)=NC#N)n1. The minimum absolute atomic E-state index is 0.403. The van der Waals surface area contributed by atoms with Crippen LogP contribution in [-0.2, 0) is 5.75 Å². The highest BCUT2D eigenvalue weighted by atomic mass is 32.2. The number of rotatable bonds is 5. The highest BCUT2D eigenvalue weighted by Gasteiger charge is 1.99. The molecule has 80 valence electrons. The predicted molar refractivity (Wildman–Crippen MR) is 64.9 cm³/mol. The molecule has 0 radical (unpaired) electrons. The van der Waals surface area contributed by atoms with Gasteiger partial charge in [-0.15, -0.1) is 11.3 Å². The molecule has 0 bridgehead atoms. The Balaban J connectivity index is 2.18. The summed E-state index contributed by atoms with van der Waals surface area (Å²) >= 11 is 3.42. The van der Waals surface area contributed by atoms with E-state index in [-0.39, 0.29) is 0 Å². The van der Waals surface area contributed by atoms with Crippen molar-refractivity contribution in [2.45, 2.75) is 19.1 Å². The van der Waals surface area contributed by atoms with Gasteiger partial charge in [-0.05, 0) is 6.92 Å². The Morgan fingerprint density at radius 1 is 1.80 bits per heavy atom. The second-order valence-corrected chi connectivity index (χ2v) is 4.94. The molecule has 2 N–H and O–H groups in total. The van der Waals surface area contributed by atoms with E-state index in [1.165, 1.54) is 0 Å². The molecule has 0 saturated carbocycles. The number of thioether (sulfide) groups is 1. The molecule has 0 aliphatic heterocycles. The summed E-state index contributed by atoms with van der Waals surface area (Å²) in [5, 5.41) is 11.4. The summed E-state index contributed by atoms with van der Waals surface area (Å²) in [7, 11) is 0. The van der Waals surface area contributed by atoms with Gasteiger partial charge in [0.25, 0.3) is 0 Å². The number of hydrogen-bond acceptors (Lipinski definition) is 5. The quantitative estimate of drug-likeness (QED) is 0.369. The van der Waals surface area contributed by atoms with E-state index < -0.39 is 0 Å². The number of nitriles is 1. The summed E-state index contributed by atoms with van der Waals surface area (Å²) in [6, 6.07) is 0. The third-order valence-electron chi connectivity index (χ3n) is 1.59. The summed E-state index contributed by atoms with van der Waals surface area (Å²) in [5.41, 5.74) is 6.54. The molecule has 6 heteroatoms. The van der Waals surface area contributed by atoms with Gasteiger partial charge in [0.05, 0.1) is 0 Å². The number of nitrogens with two attached hydrogens (primary N) is 1. The molecule has 0 atom stereocenters. The van der Waals surface area contributed by atoms with E-state index in [9.17, 15) is 0 Å². The molecule has 1 aromatic rings. The van der Waals surface area contributed by atoms with Gasteiger partial charge in [0.1, 0.15) is 10.8 Å². The van der Waals surface area contributed by atoms with Gasteiger partial charge in [0.15, 0.2) is 0 Å². The summed E-state index contributed by atoms with van der Waals surface area (Å²) in [4.78, 5) is 7.79. The number of aryl methyl sites for hydroxylation is 1. The van der Waals surface area contributed by atoms with Crippen molar-refractivity contribution < 1.29 is 0 Å². The molecule has 0 aromatic carbocycles. The van der Waals surface area contributed by atoms with Crippen molar-refractivity contribution in [3.63, 3.8) is 0 Å². The first kappa shape index (κ1) is 12.0. The molecule has 0 fully saturated rings. The zero-order chi connectivity index (χ0) is 11.1. The van der Waals surface area contributed by atoms with Crippen LogP contribution in [0.4, 0.5) is 0 Å². The van der Waals surface area contributed by atoms with Gasteiger partial charge in [0.2, 0.25) is 6.19 Å². The van der Waals surface area contributed by atoms with Crippen LogP contribution >= 0.6 is 23.1 Å². The maximum atomic E-state index is 8.24. The summed E-state index contributed by atoms with van der Waals surface area (Å²) in [6.45, 7) is 1.99. The van der Waals surface area contributed by atoms with Crippen LogP contribution in [-0.4, -0.2) is 16.6 Å². The van der Waals surface area contributed by atoms with Gasteiger partial charge in [-0.2, -0.15) is 22.0 Å². The first-order valence-corrected chi connectivity index (χ1v) is 6.45. The lowest BCUT2D eigenvalue weighted by atomic mass is 10.4. The van der Waals surface area contributed by atoms with Gasteiger partial charge in [-0.1, -0.05) is 0 Å². The predicted octanol–water partition coefficient (Wildman–Crippen LogP) is 1.91. The number of hydrogen-bond donors (Lipinski definition) is 1. The summed E-state index contributed by atoms with van der Waals surface area (Å²) < 4.78 is 0. The molecule has 0 spiro atoms. The van der Waals surface area contributed by atoms with Crippen LogP contribution in [0.1, 0.15) is 17.1 Å². The largest absolute Gasteiger partial charge is 0.386 e. The third-order valence-corrected chi connectivity index (χ3v) is 3.71. The van der Waals surface area contributed by atoms with Crippen molar-refractivity contribution in [3.8, 4) is 6.19 Å². The molecule has 0 aliphatic carbocycles. The van der Waals surface area contributed by atoms with Gasteiger partial charge in [0, 0.05) is 29.0 Å². The smallest absolute Gasteiger partial charge is 0.207 e. The molecule has 4 nitrogen and oxygen atoms in total. The molecule has 1 rings (SSSR count). The maximum Gasteiger partial charge on any atom is 0.207 e. The molecule has 0 aliphatic rings. The van der Waals surface area contributed by atoms with Crippen LogP contribution in [0.25, 0.3) is 0 Å². The maximum absolute atomic E-state index is 8.24. The molecular weight excluding hydrogens is 228 g/mol. The van der Waals surface area contributed by atoms with Crippen LogP contribution in [0.3, 0.4) is 0 Å². The lowest BCUT2D eigenvalue weighted by Crippen LogP contribution is -2.11. The van der Waals surface area contributed by atoms with E-state index in [1.54, 1.807) is 29.3 Å². The number of amidine groups is 1. The standard InChI is InChI=1S/C9H12N4S2/c1-7-4-15-9(13-7)5-14-3-2-8(11)12-6-10/h4H,2-3,5H2,1H3,(H2,11,12).